The van der Waals surface area contributed by atoms with Gasteiger partial charge in [0.05, 0.1) is 12.0 Å². The minimum Gasteiger partial charge on any atom is -0.481 e. The third-order valence-electron chi connectivity index (χ3n) is 3.71. The highest BCUT2D eigenvalue weighted by molar-refractivity contribution is 5.76. The Bertz CT molecular complexity index is 334. The van der Waals surface area contributed by atoms with Gasteiger partial charge in [-0.3, -0.25) is 4.79 Å². The number of carbonyl (C=O) groups excluding carboxylic acids is 1. The van der Waals surface area contributed by atoms with Crippen LogP contribution < -0.4 is 0 Å². The predicted molar refractivity (Wildman–Crippen MR) is 64.1 cm³/mol. The lowest BCUT2D eigenvalue weighted by molar-refractivity contribution is -0.143. The summed E-state index contributed by atoms with van der Waals surface area (Å²) >= 11 is 0. The van der Waals surface area contributed by atoms with Gasteiger partial charge in [-0.15, -0.1) is 0 Å². The van der Waals surface area contributed by atoms with Gasteiger partial charge in [-0.1, -0.05) is 0 Å². The minimum absolute atomic E-state index is 0.125. The summed E-state index contributed by atoms with van der Waals surface area (Å²) in [7, 11) is 0. The maximum Gasteiger partial charge on any atom is 0.320 e. The molecule has 2 atom stereocenters. The SMILES string of the molecule is O=C(O)C1CCCN(C(=O)N2CCCC(O)C2)C1. The van der Waals surface area contributed by atoms with Gasteiger partial charge in [0, 0.05) is 26.2 Å². The summed E-state index contributed by atoms with van der Waals surface area (Å²) in [6, 6.07) is -0.125. The van der Waals surface area contributed by atoms with Crippen molar-refractivity contribution in [3.05, 3.63) is 0 Å². The highest BCUT2D eigenvalue weighted by atomic mass is 16.4. The Morgan fingerprint density at radius 2 is 1.61 bits per heavy atom. The molecular formula is C12H20N2O4. The van der Waals surface area contributed by atoms with Crippen LogP contribution in [0, 0.1) is 5.92 Å². The fraction of sp³-hybridized carbons (Fsp3) is 0.833. The summed E-state index contributed by atoms with van der Waals surface area (Å²) in [5, 5.41) is 18.6. The standard InChI is InChI=1S/C12H20N2O4/c15-10-4-2-6-14(8-10)12(18)13-5-1-3-9(7-13)11(16)17/h9-10,15H,1-8H2,(H,16,17). The van der Waals surface area contributed by atoms with Gasteiger partial charge < -0.3 is 20.0 Å². The number of likely N-dealkylation sites (tertiary alicyclic amines) is 2. The zero-order chi connectivity index (χ0) is 13.1. The van der Waals surface area contributed by atoms with Crippen LogP contribution in [0.3, 0.4) is 0 Å². The monoisotopic (exact) mass is 256 g/mol. The number of amides is 2. The van der Waals surface area contributed by atoms with Gasteiger partial charge in [0.25, 0.3) is 0 Å². The summed E-state index contributed by atoms with van der Waals surface area (Å²) in [5.74, 6) is -1.27. The quantitative estimate of drug-likeness (QED) is 0.709. The third-order valence-corrected chi connectivity index (χ3v) is 3.71. The van der Waals surface area contributed by atoms with E-state index in [4.69, 9.17) is 5.11 Å². The van der Waals surface area contributed by atoms with Gasteiger partial charge in [0.15, 0.2) is 0 Å². The number of carbonyl (C=O) groups is 2. The Balaban J connectivity index is 1.93. The first-order valence-corrected chi connectivity index (χ1v) is 6.52. The molecule has 2 rings (SSSR count). The van der Waals surface area contributed by atoms with E-state index in [1.165, 1.54) is 0 Å². The first kappa shape index (κ1) is 13.1. The van der Waals surface area contributed by atoms with Gasteiger partial charge in [0.2, 0.25) is 0 Å². The van der Waals surface area contributed by atoms with Crippen molar-refractivity contribution >= 4 is 12.0 Å². The lowest BCUT2D eigenvalue weighted by atomic mass is 9.98. The number of carboxylic acids is 1. The lowest BCUT2D eigenvalue weighted by Crippen LogP contribution is -2.52. The topological polar surface area (TPSA) is 81.1 Å². The van der Waals surface area contributed by atoms with Gasteiger partial charge in [0.1, 0.15) is 0 Å². The van der Waals surface area contributed by atoms with E-state index >= 15 is 0 Å². The van der Waals surface area contributed by atoms with Crippen molar-refractivity contribution in [1.29, 1.82) is 0 Å². The van der Waals surface area contributed by atoms with Gasteiger partial charge in [-0.2, -0.15) is 0 Å². The maximum absolute atomic E-state index is 12.2. The number of aliphatic hydroxyl groups is 1. The third kappa shape index (κ3) is 2.93. The van der Waals surface area contributed by atoms with Crippen LogP contribution in [-0.4, -0.2) is 64.3 Å². The number of aliphatic carboxylic acids is 1. The van der Waals surface area contributed by atoms with E-state index in [9.17, 15) is 14.7 Å². The van der Waals surface area contributed by atoms with Crippen LogP contribution in [0.1, 0.15) is 25.7 Å². The highest BCUT2D eigenvalue weighted by Gasteiger charge is 2.32. The first-order chi connectivity index (χ1) is 8.58. The number of carboxylic acid groups (broad SMARTS) is 1. The summed E-state index contributed by atoms with van der Waals surface area (Å²) < 4.78 is 0. The van der Waals surface area contributed by atoms with Gasteiger partial charge >= 0.3 is 12.0 Å². The summed E-state index contributed by atoms with van der Waals surface area (Å²) in [6.45, 7) is 1.94. The molecular weight excluding hydrogens is 236 g/mol. The normalized spacial score (nSPS) is 29.2. The molecule has 2 aliphatic heterocycles. The average Bonchev–Trinajstić information content (AvgIpc) is 2.38. The Hall–Kier alpha value is -1.30. The van der Waals surface area contributed by atoms with Crippen molar-refractivity contribution in [2.24, 2.45) is 5.92 Å². The van der Waals surface area contributed by atoms with Crippen molar-refractivity contribution in [2.75, 3.05) is 26.2 Å². The van der Waals surface area contributed by atoms with E-state index in [-0.39, 0.29) is 6.03 Å². The molecule has 18 heavy (non-hydrogen) atoms. The molecule has 2 fully saturated rings. The Morgan fingerprint density at radius 1 is 1.00 bits per heavy atom. The molecule has 0 aromatic rings. The molecule has 0 aromatic heterocycles. The second kappa shape index (κ2) is 5.56. The van der Waals surface area contributed by atoms with Crippen molar-refractivity contribution in [3.8, 4) is 0 Å². The molecule has 6 heteroatoms. The van der Waals surface area contributed by atoms with E-state index < -0.39 is 18.0 Å². The number of aliphatic hydroxyl groups excluding tert-OH is 1. The summed E-state index contributed by atoms with van der Waals surface area (Å²) in [4.78, 5) is 26.4. The fourth-order valence-corrected chi connectivity index (χ4v) is 2.68. The molecule has 0 bridgehead atoms. The second-order valence-electron chi connectivity index (χ2n) is 5.15. The average molecular weight is 256 g/mol. The number of rotatable bonds is 1. The van der Waals surface area contributed by atoms with Crippen LogP contribution in [0.4, 0.5) is 4.79 Å². The Kier molecular flexibility index (Phi) is 4.06. The number of hydrogen-bond donors (Lipinski definition) is 2. The zero-order valence-corrected chi connectivity index (χ0v) is 10.4. The van der Waals surface area contributed by atoms with Crippen LogP contribution in [0.15, 0.2) is 0 Å². The van der Waals surface area contributed by atoms with Crippen molar-refractivity contribution in [2.45, 2.75) is 31.8 Å². The van der Waals surface area contributed by atoms with Crippen molar-refractivity contribution in [1.82, 2.24) is 9.80 Å². The lowest BCUT2D eigenvalue weighted by Gasteiger charge is -2.37. The maximum atomic E-state index is 12.2. The predicted octanol–water partition coefficient (Wildman–Crippen LogP) is 0.360. The molecule has 0 saturated carbocycles. The molecule has 2 heterocycles. The van der Waals surface area contributed by atoms with E-state index in [2.05, 4.69) is 0 Å². The largest absolute Gasteiger partial charge is 0.481 e. The molecule has 2 amide bonds. The van der Waals surface area contributed by atoms with Crippen LogP contribution in [0.2, 0.25) is 0 Å². The van der Waals surface area contributed by atoms with Crippen molar-refractivity contribution < 1.29 is 19.8 Å². The second-order valence-corrected chi connectivity index (χ2v) is 5.15. The zero-order valence-electron chi connectivity index (χ0n) is 10.4. The van der Waals surface area contributed by atoms with E-state index in [1.54, 1.807) is 9.80 Å². The molecule has 0 spiro atoms. The summed E-state index contributed by atoms with van der Waals surface area (Å²) in [5.41, 5.74) is 0. The Labute approximate surface area is 106 Å². The molecule has 2 aliphatic rings. The molecule has 2 unspecified atom stereocenters. The molecule has 0 radical (unpaired) electrons. The van der Waals surface area contributed by atoms with Crippen molar-refractivity contribution in [3.63, 3.8) is 0 Å². The van der Waals surface area contributed by atoms with Crippen LogP contribution in [-0.2, 0) is 4.79 Å². The van der Waals surface area contributed by atoms with Gasteiger partial charge in [-0.25, -0.2) is 4.79 Å². The Morgan fingerprint density at radius 3 is 2.22 bits per heavy atom. The molecule has 2 N–H and O–H groups in total. The highest BCUT2D eigenvalue weighted by Crippen LogP contribution is 2.19. The van der Waals surface area contributed by atoms with E-state index in [1.807, 2.05) is 0 Å². The van der Waals surface area contributed by atoms with Crippen LogP contribution in [0.25, 0.3) is 0 Å². The molecule has 0 aromatic carbocycles. The van der Waals surface area contributed by atoms with Gasteiger partial charge in [-0.05, 0) is 25.7 Å². The number of piperidine rings is 2. The summed E-state index contributed by atoms with van der Waals surface area (Å²) in [6.07, 6.45) is 2.48. The molecule has 2 saturated heterocycles. The molecule has 6 nitrogen and oxygen atoms in total. The first-order valence-electron chi connectivity index (χ1n) is 6.52. The van der Waals surface area contributed by atoms with Crippen LogP contribution >= 0.6 is 0 Å². The number of β-amino-alcohol motifs (C(OH)–C–C–N with tert-alkyl or cyclic N) is 1. The number of nitrogens with zero attached hydrogens (tertiary/aromatic N) is 2. The van der Waals surface area contributed by atoms with Crippen LogP contribution in [0.5, 0.6) is 0 Å². The minimum atomic E-state index is -0.828. The molecule has 0 aliphatic carbocycles. The molecule has 102 valence electrons. The van der Waals surface area contributed by atoms with E-state index in [0.29, 0.717) is 32.6 Å². The number of urea groups is 1. The number of hydrogen-bond acceptors (Lipinski definition) is 3. The fourth-order valence-electron chi connectivity index (χ4n) is 2.68. The van der Waals surface area contributed by atoms with E-state index in [0.717, 1.165) is 19.3 Å². The smallest absolute Gasteiger partial charge is 0.320 e.